The third-order valence-electron chi connectivity index (χ3n) is 2.98. The molecule has 0 saturated carbocycles. The van der Waals surface area contributed by atoms with E-state index in [4.69, 9.17) is 5.73 Å². The van der Waals surface area contributed by atoms with Gasteiger partial charge in [0.2, 0.25) is 5.91 Å². The van der Waals surface area contributed by atoms with Crippen molar-refractivity contribution in [3.05, 3.63) is 0 Å². The van der Waals surface area contributed by atoms with Crippen LogP contribution < -0.4 is 11.1 Å². The summed E-state index contributed by atoms with van der Waals surface area (Å²) >= 11 is 0. The van der Waals surface area contributed by atoms with E-state index in [1.54, 1.807) is 0 Å². The van der Waals surface area contributed by atoms with Crippen LogP contribution in [0, 0.1) is 0 Å². The molecule has 0 aromatic rings. The molecule has 0 bridgehead atoms. The van der Waals surface area contributed by atoms with Crippen molar-refractivity contribution >= 4 is 12.1 Å². The van der Waals surface area contributed by atoms with Crippen LogP contribution in [-0.4, -0.2) is 30.8 Å². The Morgan fingerprint density at radius 1 is 1.62 bits per heavy atom. The SMILES string of the molecule is CCC(N)CCCCNC(=O)C1CCC=N1. The van der Waals surface area contributed by atoms with Crippen LogP contribution in [0.2, 0.25) is 0 Å². The van der Waals surface area contributed by atoms with Crippen LogP contribution in [-0.2, 0) is 4.79 Å². The number of carbonyl (C=O) groups is 1. The molecule has 1 aliphatic rings. The Kier molecular flexibility index (Phi) is 6.08. The van der Waals surface area contributed by atoms with Gasteiger partial charge in [-0.3, -0.25) is 9.79 Å². The van der Waals surface area contributed by atoms with Crippen LogP contribution in [0.15, 0.2) is 4.99 Å². The van der Waals surface area contributed by atoms with Gasteiger partial charge in [0.25, 0.3) is 0 Å². The van der Waals surface area contributed by atoms with Crippen molar-refractivity contribution in [2.24, 2.45) is 10.7 Å². The smallest absolute Gasteiger partial charge is 0.244 e. The van der Waals surface area contributed by atoms with Crippen LogP contribution in [0.25, 0.3) is 0 Å². The fraction of sp³-hybridized carbons (Fsp3) is 0.833. The van der Waals surface area contributed by atoms with Gasteiger partial charge in [0.05, 0.1) is 0 Å². The summed E-state index contributed by atoms with van der Waals surface area (Å²) in [5.41, 5.74) is 5.81. The molecule has 4 nitrogen and oxygen atoms in total. The summed E-state index contributed by atoms with van der Waals surface area (Å²) < 4.78 is 0. The van der Waals surface area contributed by atoms with Gasteiger partial charge in [0, 0.05) is 12.6 Å². The first-order valence-electron chi connectivity index (χ1n) is 6.29. The largest absolute Gasteiger partial charge is 0.354 e. The number of hydrogen-bond acceptors (Lipinski definition) is 3. The number of hydrogen-bond donors (Lipinski definition) is 2. The second-order valence-corrected chi connectivity index (χ2v) is 4.38. The second-order valence-electron chi connectivity index (χ2n) is 4.38. The minimum atomic E-state index is -0.127. The van der Waals surface area contributed by atoms with E-state index in [9.17, 15) is 4.79 Å². The molecule has 1 amide bonds. The van der Waals surface area contributed by atoms with Crippen LogP contribution >= 0.6 is 0 Å². The van der Waals surface area contributed by atoms with E-state index in [0.29, 0.717) is 6.04 Å². The van der Waals surface area contributed by atoms with Crippen molar-refractivity contribution in [1.82, 2.24) is 5.32 Å². The third-order valence-corrected chi connectivity index (χ3v) is 2.98. The maximum Gasteiger partial charge on any atom is 0.244 e. The van der Waals surface area contributed by atoms with Gasteiger partial charge in [-0.15, -0.1) is 0 Å². The first kappa shape index (κ1) is 13.2. The van der Waals surface area contributed by atoms with Crippen molar-refractivity contribution in [1.29, 1.82) is 0 Å². The highest BCUT2D eigenvalue weighted by Gasteiger charge is 2.18. The number of nitrogens with one attached hydrogen (secondary N) is 1. The lowest BCUT2D eigenvalue weighted by Gasteiger charge is -2.10. The number of rotatable bonds is 7. The molecule has 0 aromatic carbocycles. The summed E-state index contributed by atoms with van der Waals surface area (Å²) in [4.78, 5) is 15.7. The molecule has 0 radical (unpaired) electrons. The lowest BCUT2D eigenvalue weighted by Crippen LogP contribution is -2.33. The van der Waals surface area contributed by atoms with Crippen LogP contribution in [0.4, 0.5) is 0 Å². The van der Waals surface area contributed by atoms with E-state index in [0.717, 1.165) is 45.1 Å². The number of unbranched alkanes of at least 4 members (excludes halogenated alkanes) is 1. The van der Waals surface area contributed by atoms with Crippen LogP contribution in [0.5, 0.6) is 0 Å². The summed E-state index contributed by atoms with van der Waals surface area (Å²) in [7, 11) is 0. The summed E-state index contributed by atoms with van der Waals surface area (Å²) in [5, 5.41) is 2.92. The highest BCUT2D eigenvalue weighted by molar-refractivity contribution is 5.85. The molecule has 1 aliphatic heterocycles. The van der Waals surface area contributed by atoms with E-state index in [1.807, 2.05) is 6.21 Å². The van der Waals surface area contributed by atoms with Gasteiger partial charge >= 0.3 is 0 Å². The lowest BCUT2D eigenvalue weighted by molar-refractivity contribution is -0.122. The van der Waals surface area contributed by atoms with Crippen molar-refractivity contribution in [2.75, 3.05) is 6.54 Å². The van der Waals surface area contributed by atoms with E-state index < -0.39 is 0 Å². The van der Waals surface area contributed by atoms with Gasteiger partial charge in [-0.25, -0.2) is 0 Å². The molecule has 0 saturated heterocycles. The fourth-order valence-electron chi connectivity index (χ4n) is 1.77. The van der Waals surface area contributed by atoms with Crippen molar-refractivity contribution in [3.8, 4) is 0 Å². The van der Waals surface area contributed by atoms with Crippen molar-refractivity contribution in [2.45, 2.75) is 57.5 Å². The van der Waals surface area contributed by atoms with Crippen molar-refractivity contribution in [3.63, 3.8) is 0 Å². The molecule has 0 aliphatic carbocycles. The molecule has 2 atom stereocenters. The third kappa shape index (κ3) is 4.75. The summed E-state index contributed by atoms with van der Waals surface area (Å²) in [6.07, 6.45) is 7.82. The maximum absolute atomic E-state index is 11.5. The van der Waals surface area contributed by atoms with Crippen LogP contribution in [0.3, 0.4) is 0 Å². The predicted octanol–water partition coefficient (Wildman–Crippen LogP) is 1.24. The first-order chi connectivity index (χ1) is 7.74. The number of nitrogens with two attached hydrogens (primary N) is 1. The Labute approximate surface area is 97.7 Å². The maximum atomic E-state index is 11.5. The molecule has 3 N–H and O–H groups in total. The molecule has 0 aromatic heterocycles. The average Bonchev–Trinajstić information content (AvgIpc) is 2.81. The molecule has 16 heavy (non-hydrogen) atoms. The quantitative estimate of drug-likeness (QED) is 0.640. The summed E-state index contributed by atoms with van der Waals surface area (Å²) in [5.74, 6) is 0.0774. The molecular formula is C12H23N3O. The van der Waals surface area contributed by atoms with Crippen molar-refractivity contribution < 1.29 is 4.79 Å². The summed E-state index contributed by atoms with van der Waals surface area (Å²) in [6.45, 7) is 2.85. The number of amides is 1. The van der Waals surface area contributed by atoms with E-state index in [1.165, 1.54) is 0 Å². The Balaban J connectivity index is 1.98. The monoisotopic (exact) mass is 225 g/mol. The molecule has 92 valence electrons. The molecule has 2 unspecified atom stereocenters. The Morgan fingerprint density at radius 2 is 2.44 bits per heavy atom. The number of nitrogens with zero attached hydrogens (tertiary/aromatic N) is 1. The minimum Gasteiger partial charge on any atom is -0.354 e. The van der Waals surface area contributed by atoms with Gasteiger partial charge in [-0.2, -0.15) is 0 Å². The Hall–Kier alpha value is -0.900. The zero-order chi connectivity index (χ0) is 11.8. The van der Waals surface area contributed by atoms with E-state index in [2.05, 4.69) is 17.2 Å². The van der Waals surface area contributed by atoms with Gasteiger partial charge < -0.3 is 11.1 Å². The number of carbonyl (C=O) groups excluding carboxylic acids is 1. The van der Waals surface area contributed by atoms with Gasteiger partial charge in [-0.1, -0.05) is 13.3 Å². The highest BCUT2D eigenvalue weighted by Crippen LogP contribution is 2.08. The van der Waals surface area contributed by atoms with Gasteiger partial charge in [-0.05, 0) is 38.3 Å². The van der Waals surface area contributed by atoms with E-state index in [-0.39, 0.29) is 11.9 Å². The molecule has 1 rings (SSSR count). The standard InChI is InChI=1S/C12H23N3O/c1-2-10(13)6-3-4-8-15-12(16)11-7-5-9-14-11/h9-11H,2-8,13H2,1H3,(H,15,16). The Morgan fingerprint density at radius 3 is 3.06 bits per heavy atom. The molecule has 4 heteroatoms. The predicted molar refractivity (Wildman–Crippen MR) is 66.6 cm³/mol. The molecular weight excluding hydrogens is 202 g/mol. The van der Waals surface area contributed by atoms with E-state index >= 15 is 0 Å². The zero-order valence-electron chi connectivity index (χ0n) is 10.1. The second kappa shape index (κ2) is 7.39. The molecule has 1 heterocycles. The first-order valence-corrected chi connectivity index (χ1v) is 6.29. The number of aliphatic imine (C=N–C) groups is 1. The van der Waals surface area contributed by atoms with Gasteiger partial charge in [0.1, 0.15) is 6.04 Å². The summed E-state index contributed by atoms with van der Waals surface area (Å²) in [6, 6.07) is 0.188. The topological polar surface area (TPSA) is 67.5 Å². The average molecular weight is 225 g/mol. The van der Waals surface area contributed by atoms with Gasteiger partial charge in [0.15, 0.2) is 0 Å². The lowest BCUT2D eigenvalue weighted by atomic mass is 10.1. The zero-order valence-corrected chi connectivity index (χ0v) is 10.1. The van der Waals surface area contributed by atoms with Crippen LogP contribution in [0.1, 0.15) is 45.4 Å². The highest BCUT2D eigenvalue weighted by atomic mass is 16.2. The fourth-order valence-corrected chi connectivity index (χ4v) is 1.77. The normalized spacial score (nSPS) is 21.0. The molecule has 0 fully saturated rings. The molecule has 0 spiro atoms. The minimum absolute atomic E-state index is 0.0774. The Bertz CT molecular complexity index is 240.